The Hall–Kier alpha value is -4.08. The highest BCUT2D eigenvalue weighted by molar-refractivity contribution is 7.93. The van der Waals surface area contributed by atoms with Crippen molar-refractivity contribution in [2.45, 2.75) is 4.90 Å². The van der Waals surface area contributed by atoms with Gasteiger partial charge in [-0.15, -0.1) is 0 Å². The molecule has 0 aliphatic carbocycles. The van der Waals surface area contributed by atoms with Gasteiger partial charge < -0.3 is 10.8 Å². The molecule has 0 atom stereocenters. The van der Waals surface area contributed by atoms with Crippen LogP contribution in [0.3, 0.4) is 0 Å². The number of aromatic hydroxyl groups is 1. The maximum Gasteiger partial charge on any atom is 0.263 e. The Morgan fingerprint density at radius 1 is 0.972 bits per heavy atom. The number of imide groups is 1. The number of nitrogens with zero attached hydrogens (tertiary/aromatic N) is 1. The molecule has 2 amide bonds. The Balaban J connectivity index is 1.75. The van der Waals surface area contributed by atoms with Gasteiger partial charge in [-0.25, -0.2) is 16.8 Å². The summed E-state index contributed by atoms with van der Waals surface area (Å²) in [4.78, 5) is 35.9. The van der Waals surface area contributed by atoms with Crippen LogP contribution in [-0.2, 0) is 20.0 Å². The number of hydrogen-bond donors (Lipinski definition) is 5. The molecule has 1 aromatic heterocycles. The summed E-state index contributed by atoms with van der Waals surface area (Å²) in [5, 5.41) is 12.2. The van der Waals surface area contributed by atoms with Crippen LogP contribution in [-0.4, -0.2) is 44.6 Å². The molecular formula is C20H16ClN5O8S2. The number of nitrogens with one attached hydrogen (secondary N) is 3. The maximum absolute atomic E-state index is 13.0. The molecule has 0 spiro atoms. The summed E-state index contributed by atoms with van der Waals surface area (Å²) in [5.74, 6) is -2.85. The summed E-state index contributed by atoms with van der Waals surface area (Å²) in [7, 11) is -8.03. The van der Waals surface area contributed by atoms with Crippen LogP contribution in [0.1, 0.15) is 20.7 Å². The number of benzene rings is 2. The van der Waals surface area contributed by atoms with Crippen LogP contribution >= 0.6 is 11.6 Å². The van der Waals surface area contributed by atoms with Gasteiger partial charge in [-0.2, -0.15) is 0 Å². The second kappa shape index (κ2) is 8.54. The van der Waals surface area contributed by atoms with Crippen molar-refractivity contribution in [2.24, 2.45) is 0 Å². The first kappa shape index (κ1) is 25.0. The van der Waals surface area contributed by atoms with Gasteiger partial charge in [0.2, 0.25) is 10.0 Å². The lowest BCUT2D eigenvalue weighted by atomic mass is 10.1. The average molecular weight is 554 g/mol. The third-order valence-electron chi connectivity index (χ3n) is 4.93. The van der Waals surface area contributed by atoms with E-state index in [1.807, 2.05) is 5.32 Å². The number of nitrogens with two attached hydrogens (primary N) is 1. The molecule has 3 aromatic rings. The van der Waals surface area contributed by atoms with E-state index in [9.17, 15) is 36.3 Å². The summed E-state index contributed by atoms with van der Waals surface area (Å²) in [5.41, 5.74) is 4.28. The number of nitrogen functional groups attached to an aromatic ring is 1. The normalized spacial score (nSPS) is 13.3. The molecule has 0 bridgehead atoms. The van der Waals surface area contributed by atoms with E-state index in [0.717, 1.165) is 24.5 Å². The van der Waals surface area contributed by atoms with Crippen LogP contribution in [0.5, 0.6) is 5.75 Å². The fourth-order valence-corrected chi connectivity index (χ4v) is 5.66. The molecule has 0 saturated heterocycles. The number of phenolic OH excluding ortho intramolecular Hbond substituents is 1. The molecule has 36 heavy (non-hydrogen) atoms. The quantitative estimate of drug-likeness (QED) is 0.273. The third kappa shape index (κ3) is 4.58. The van der Waals surface area contributed by atoms with Gasteiger partial charge in [-0.05, 0) is 24.3 Å². The zero-order valence-corrected chi connectivity index (χ0v) is 20.5. The number of carbonyl (C=O) groups is 2. The van der Waals surface area contributed by atoms with Gasteiger partial charge in [0, 0.05) is 12.1 Å². The Bertz CT molecular complexity index is 1750. The van der Waals surface area contributed by atoms with Gasteiger partial charge in [0.1, 0.15) is 16.5 Å². The van der Waals surface area contributed by atoms with E-state index in [-0.39, 0.29) is 28.2 Å². The number of amides is 2. The minimum absolute atomic E-state index is 0.0157. The molecule has 0 saturated carbocycles. The van der Waals surface area contributed by atoms with E-state index in [2.05, 4.69) is 9.44 Å². The summed E-state index contributed by atoms with van der Waals surface area (Å²) < 4.78 is 53.9. The average Bonchev–Trinajstić information content (AvgIpc) is 3.02. The predicted octanol–water partition coefficient (Wildman–Crippen LogP) is 0.835. The predicted molar refractivity (Wildman–Crippen MR) is 131 cm³/mol. The maximum atomic E-state index is 13.0. The highest BCUT2D eigenvalue weighted by Gasteiger charge is 2.32. The monoisotopic (exact) mass is 553 g/mol. The molecule has 2 aromatic carbocycles. The molecule has 2 heterocycles. The number of hydrogen-bond acceptors (Lipinski definition) is 9. The van der Waals surface area contributed by atoms with Crippen molar-refractivity contribution in [3.63, 3.8) is 0 Å². The van der Waals surface area contributed by atoms with Crippen LogP contribution in [0, 0.1) is 0 Å². The van der Waals surface area contributed by atoms with E-state index in [1.54, 1.807) is 0 Å². The highest BCUT2D eigenvalue weighted by Crippen LogP contribution is 2.34. The zero-order chi connectivity index (χ0) is 26.6. The van der Waals surface area contributed by atoms with Crippen molar-refractivity contribution in [2.75, 3.05) is 21.4 Å². The summed E-state index contributed by atoms with van der Waals surface area (Å²) >= 11 is 6.18. The molecule has 4 rings (SSSR count). The molecule has 0 unspecified atom stereocenters. The number of rotatable bonds is 6. The van der Waals surface area contributed by atoms with E-state index in [0.29, 0.717) is 4.57 Å². The van der Waals surface area contributed by atoms with Gasteiger partial charge in [0.05, 0.1) is 39.5 Å². The Labute approximate surface area is 208 Å². The fourth-order valence-electron chi connectivity index (χ4n) is 3.52. The number of halogens is 1. The first-order valence-electron chi connectivity index (χ1n) is 9.73. The first-order valence-corrected chi connectivity index (χ1v) is 13.5. The number of carbonyl (C=O) groups excluding carboxylic acids is 2. The number of pyridine rings is 1. The van der Waals surface area contributed by atoms with Gasteiger partial charge in [0.15, 0.2) is 0 Å². The summed E-state index contributed by atoms with van der Waals surface area (Å²) in [6.07, 6.45) is 0.928. The Kier molecular flexibility index (Phi) is 5.94. The fraction of sp³-hybridized carbons (Fsp3) is 0.0500. The minimum atomic E-state index is -4.42. The second-order valence-corrected chi connectivity index (χ2v) is 11.4. The number of aromatic nitrogens is 1. The van der Waals surface area contributed by atoms with Crippen molar-refractivity contribution >= 4 is 60.7 Å². The van der Waals surface area contributed by atoms with E-state index < -0.39 is 58.9 Å². The molecule has 1 aliphatic heterocycles. The number of fused-ring (bicyclic) bond motifs is 1. The summed E-state index contributed by atoms with van der Waals surface area (Å²) in [6, 6.07) is 7.94. The third-order valence-corrected chi connectivity index (χ3v) is 7.38. The SMILES string of the molecule is CS(=O)(=O)Nc1cccc(NS(=O)(=O)c2cc(O)c(-n3c(N)c4c(cc3=O)C(=O)NC4=O)cc2Cl)c1. The van der Waals surface area contributed by atoms with Gasteiger partial charge in [0.25, 0.3) is 27.4 Å². The van der Waals surface area contributed by atoms with Crippen LogP contribution in [0.25, 0.3) is 5.69 Å². The van der Waals surface area contributed by atoms with Crippen molar-refractivity contribution in [1.82, 2.24) is 9.88 Å². The Morgan fingerprint density at radius 3 is 2.25 bits per heavy atom. The van der Waals surface area contributed by atoms with Crippen molar-refractivity contribution < 1.29 is 31.5 Å². The number of sulfonamides is 2. The second-order valence-electron chi connectivity index (χ2n) is 7.61. The number of anilines is 3. The topological polar surface area (TPSA) is 207 Å². The molecule has 6 N–H and O–H groups in total. The molecule has 16 heteroatoms. The van der Waals surface area contributed by atoms with Crippen LogP contribution in [0.2, 0.25) is 5.02 Å². The minimum Gasteiger partial charge on any atom is -0.506 e. The number of phenols is 1. The van der Waals surface area contributed by atoms with Crippen LogP contribution in [0.4, 0.5) is 17.2 Å². The van der Waals surface area contributed by atoms with Gasteiger partial charge in [-0.1, -0.05) is 17.7 Å². The molecule has 0 fully saturated rings. The van der Waals surface area contributed by atoms with Crippen LogP contribution < -0.4 is 26.1 Å². The van der Waals surface area contributed by atoms with Gasteiger partial charge in [-0.3, -0.25) is 33.7 Å². The molecule has 1 aliphatic rings. The van der Waals surface area contributed by atoms with E-state index >= 15 is 0 Å². The van der Waals surface area contributed by atoms with Crippen LogP contribution in [0.15, 0.2) is 52.2 Å². The standard InChI is InChI=1S/C20H16ClN5O8S2/c1-35(31,32)24-9-3-2-4-10(5-9)25-36(33,34)15-8-14(27)13(7-12(15)21)26-16(28)6-11-17(18(26)22)20(30)23-19(11)29/h2-8,24-25,27H,22H2,1H3,(H,23,29,30). The van der Waals surface area contributed by atoms with Crippen molar-refractivity contribution in [3.8, 4) is 11.4 Å². The molecule has 13 nitrogen and oxygen atoms in total. The van der Waals surface area contributed by atoms with E-state index in [1.165, 1.54) is 24.3 Å². The van der Waals surface area contributed by atoms with Gasteiger partial charge >= 0.3 is 0 Å². The lowest BCUT2D eigenvalue weighted by Crippen LogP contribution is -2.24. The smallest absolute Gasteiger partial charge is 0.263 e. The lowest BCUT2D eigenvalue weighted by Gasteiger charge is -2.16. The highest BCUT2D eigenvalue weighted by atomic mass is 35.5. The molecule has 188 valence electrons. The largest absolute Gasteiger partial charge is 0.506 e. The lowest BCUT2D eigenvalue weighted by molar-refractivity contribution is 0.0879. The van der Waals surface area contributed by atoms with Crippen molar-refractivity contribution in [3.05, 3.63) is 69.0 Å². The van der Waals surface area contributed by atoms with E-state index in [4.69, 9.17) is 17.3 Å². The zero-order valence-electron chi connectivity index (χ0n) is 18.1. The van der Waals surface area contributed by atoms with Crippen molar-refractivity contribution in [1.29, 1.82) is 0 Å². The molecular weight excluding hydrogens is 538 g/mol. The first-order chi connectivity index (χ1) is 16.7. The summed E-state index contributed by atoms with van der Waals surface area (Å²) in [6.45, 7) is 0. The Morgan fingerprint density at radius 2 is 1.61 bits per heavy atom. The molecule has 0 radical (unpaired) electrons.